The van der Waals surface area contributed by atoms with Crippen LogP contribution in [0, 0.1) is 5.82 Å². The van der Waals surface area contributed by atoms with Crippen molar-refractivity contribution in [3.8, 4) is 17.3 Å². The van der Waals surface area contributed by atoms with Crippen LogP contribution in [0.5, 0.6) is 5.75 Å². The van der Waals surface area contributed by atoms with Crippen LogP contribution in [0.15, 0.2) is 61.1 Å². The van der Waals surface area contributed by atoms with Gasteiger partial charge in [-0.25, -0.2) is 24.3 Å². The van der Waals surface area contributed by atoms with E-state index in [9.17, 15) is 14.3 Å². The molecule has 1 aliphatic heterocycles. The highest BCUT2D eigenvalue weighted by atomic mass is 35.5. The van der Waals surface area contributed by atoms with Crippen LogP contribution in [-0.2, 0) is 16.6 Å². The number of phenolic OH excluding ortho intramolecular Hbond substituents is 1. The summed E-state index contributed by atoms with van der Waals surface area (Å²) >= 11 is 6.11. The summed E-state index contributed by atoms with van der Waals surface area (Å²) in [6.45, 7) is 1.70. The van der Waals surface area contributed by atoms with E-state index in [1.807, 2.05) is 6.07 Å². The Bertz CT molecular complexity index is 1740. The lowest BCUT2D eigenvalue weighted by Gasteiger charge is -2.23. The molecule has 1 amide bonds. The van der Waals surface area contributed by atoms with Gasteiger partial charge in [0.25, 0.3) is 0 Å². The Kier molecular flexibility index (Phi) is 5.09. The molecule has 2 aromatic carbocycles. The fraction of sp³-hybridized carbons (Fsp3) is 0.115. The Balaban J connectivity index is 1.46. The van der Waals surface area contributed by atoms with E-state index in [1.165, 1.54) is 24.3 Å². The molecule has 0 spiro atoms. The van der Waals surface area contributed by atoms with Crippen LogP contribution in [0.4, 0.5) is 16.0 Å². The standard InChI is InChI=1S/C26H19ClFN7O2/c1-26(14-5-6-19(36)16(27)11-14)20-21(29)32-22(33-23(20)34-25(26)37)18-12-35-8-7-30-24(35)17(31-18)10-13-3-2-4-15(28)9-13/h2-9,11-12,36H,10H2,1H3,(H3,29,32,33,34,37)/t26-/m1/s1. The molecule has 11 heteroatoms. The van der Waals surface area contributed by atoms with Crippen LogP contribution < -0.4 is 11.1 Å². The van der Waals surface area contributed by atoms with Crippen molar-refractivity contribution in [1.82, 2.24) is 24.3 Å². The molecule has 1 atom stereocenters. The summed E-state index contributed by atoms with van der Waals surface area (Å²) in [5.41, 5.74) is 8.49. The molecule has 0 aliphatic carbocycles. The number of aromatic nitrogens is 5. The van der Waals surface area contributed by atoms with Gasteiger partial charge in [-0.05, 0) is 42.3 Å². The number of imidazole rings is 1. The maximum Gasteiger partial charge on any atom is 0.240 e. The number of hydrogen-bond donors (Lipinski definition) is 3. The Labute approximate surface area is 214 Å². The summed E-state index contributed by atoms with van der Waals surface area (Å²) in [4.78, 5) is 31.4. The van der Waals surface area contributed by atoms with E-state index >= 15 is 0 Å². The number of anilines is 2. The number of phenols is 1. The van der Waals surface area contributed by atoms with Crippen LogP contribution >= 0.6 is 11.6 Å². The molecule has 4 heterocycles. The fourth-order valence-electron chi connectivity index (χ4n) is 4.68. The number of hydrogen-bond acceptors (Lipinski definition) is 7. The predicted octanol–water partition coefficient (Wildman–Crippen LogP) is 4.12. The minimum absolute atomic E-state index is 0.0952. The smallest absolute Gasteiger partial charge is 0.240 e. The Morgan fingerprint density at radius 3 is 2.81 bits per heavy atom. The van der Waals surface area contributed by atoms with Crippen molar-refractivity contribution in [3.63, 3.8) is 0 Å². The summed E-state index contributed by atoms with van der Waals surface area (Å²) < 4.78 is 15.6. The normalized spacial score (nSPS) is 16.7. The molecule has 0 saturated carbocycles. The number of rotatable bonds is 4. The highest BCUT2D eigenvalue weighted by Crippen LogP contribution is 2.46. The molecule has 0 bridgehead atoms. The molecule has 0 saturated heterocycles. The molecule has 3 aromatic heterocycles. The van der Waals surface area contributed by atoms with Gasteiger partial charge in [0, 0.05) is 25.0 Å². The lowest BCUT2D eigenvalue weighted by atomic mass is 9.77. The van der Waals surface area contributed by atoms with Gasteiger partial charge < -0.3 is 20.6 Å². The Morgan fingerprint density at radius 1 is 1.19 bits per heavy atom. The van der Waals surface area contributed by atoms with Crippen molar-refractivity contribution in [2.45, 2.75) is 18.8 Å². The Hall–Kier alpha value is -4.57. The average molecular weight is 516 g/mol. The van der Waals surface area contributed by atoms with Gasteiger partial charge in [-0.1, -0.05) is 29.8 Å². The first kappa shape index (κ1) is 22.9. The van der Waals surface area contributed by atoms with Crippen molar-refractivity contribution in [1.29, 1.82) is 0 Å². The van der Waals surface area contributed by atoms with Crippen LogP contribution in [0.1, 0.15) is 29.3 Å². The SMILES string of the molecule is C[C@]1(c2ccc(O)c(Cl)c2)C(=O)Nc2nc(-c3cn4ccnc4c(Cc4cccc(F)c4)n3)nc(N)c21. The molecule has 0 unspecified atom stereocenters. The quantitative estimate of drug-likeness (QED) is 0.328. The van der Waals surface area contributed by atoms with E-state index in [0.717, 1.165) is 5.56 Å². The topological polar surface area (TPSA) is 131 Å². The minimum atomic E-state index is -1.22. The van der Waals surface area contributed by atoms with Crippen molar-refractivity contribution < 1.29 is 14.3 Å². The third-order valence-electron chi connectivity index (χ3n) is 6.58. The summed E-state index contributed by atoms with van der Waals surface area (Å²) in [6.07, 6.45) is 5.46. The number of nitrogen functional groups attached to an aromatic ring is 1. The highest BCUT2D eigenvalue weighted by Gasteiger charge is 2.47. The maximum absolute atomic E-state index is 13.8. The number of carbonyl (C=O) groups excluding carboxylic acids is 1. The fourth-order valence-corrected chi connectivity index (χ4v) is 4.86. The maximum atomic E-state index is 13.8. The van der Waals surface area contributed by atoms with E-state index in [1.54, 1.807) is 42.0 Å². The van der Waals surface area contributed by atoms with Crippen molar-refractivity contribution in [2.24, 2.45) is 0 Å². The number of amides is 1. The van der Waals surface area contributed by atoms with Gasteiger partial charge in [0.05, 0.1) is 16.3 Å². The molecule has 0 radical (unpaired) electrons. The summed E-state index contributed by atoms with van der Waals surface area (Å²) in [5, 5.41) is 12.7. The first-order chi connectivity index (χ1) is 17.7. The third kappa shape index (κ3) is 3.64. The molecule has 9 nitrogen and oxygen atoms in total. The number of nitrogens with one attached hydrogen (secondary N) is 1. The summed E-state index contributed by atoms with van der Waals surface area (Å²) in [6, 6.07) is 10.8. The predicted molar refractivity (Wildman–Crippen MR) is 136 cm³/mol. The number of nitrogens with zero attached hydrogens (tertiary/aromatic N) is 5. The number of carbonyl (C=O) groups is 1. The second kappa shape index (κ2) is 8.24. The van der Waals surface area contributed by atoms with Gasteiger partial charge in [-0.2, -0.15) is 0 Å². The highest BCUT2D eigenvalue weighted by molar-refractivity contribution is 6.32. The third-order valence-corrected chi connectivity index (χ3v) is 6.88. The minimum Gasteiger partial charge on any atom is -0.506 e. The van der Waals surface area contributed by atoms with Gasteiger partial charge in [0.15, 0.2) is 11.5 Å². The van der Waals surface area contributed by atoms with Gasteiger partial charge in [-0.3, -0.25) is 4.79 Å². The molecule has 0 fully saturated rings. The molecular formula is C26H19ClFN7O2. The molecule has 6 rings (SSSR count). The first-order valence-corrected chi connectivity index (χ1v) is 11.7. The number of fused-ring (bicyclic) bond motifs is 2. The first-order valence-electron chi connectivity index (χ1n) is 11.3. The largest absolute Gasteiger partial charge is 0.506 e. The number of benzene rings is 2. The molecule has 5 aromatic rings. The van der Waals surface area contributed by atoms with E-state index in [4.69, 9.17) is 22.3 Å². The van der Waals surface area contributed by atoms with E-state index in [2.05, 4.69) is 20.3 Å². The van der Waals surface area contributed by atoms with Crippen LogP contribution in [0.2, 0.25) is 5.02 Å². The molecule has 37 heavy (non-hydrogen) atoms. The lowest BCUT2D eigenvalue weighted by molar-refractivity contribution is -0.119. The van der Waals surface area contributed by atoms with Gasteiger partial charge in [0.2, 0.25) is 5.91 Å². The van der Waals surface area contributed by atoms with Crippen LogP contribution in [0.25, 0.3) is 17.2 Å². The van der Waals surface area contributed by atoms with Crippen LogP contribution in [-0.4, -0.2) is 35.4 Å². The number of nitrogens with two attached hydrogens (primary N) is 1. The zero-order valence-electron chi connectivity index (χ0n) is 19.4. The van der Waals surface area contributed by atoms with Gasteiger partial charge in [0.1, 0.15) is 34.3 Å². The second-order valence-corrected chi connectivity index (χ2v) is 9.35. The van der Waals surface area contributed by atoms with Gasteiger partial charge in [-0.15, -0.1) is 0 Å². The van der Waals surface area contributed by atoms with Crippen molar-refractivity contribution in [3.05, 3.63) is 94.3 Å². The number of halogens is 2. The molecule has 184 valence electrons. The zero-order chi connectivity index (χ0) is 25.9. The van der Waals surface area contributed by atoms with Gasteiger partial charge >= 0.3 is 0 Å². The number of aromatic hydroxyl groups is 1. The van der Waals surface area contributed by atoms with E-state index in [-0.39, 0.29) is 40.0 Å². The second-order valence-electron chi connectivity index (χ2n) is 8.94. The monoisotopic (exact) mass is 515 g/mol. The average Bonchev–Trinajstić information content (AvgIpc) is 3.44. The molecule has 1 aliphatic rings. The van der Waals surface area contributed by atoms with Crippen molar-refractivity contribution >= 4 is 34.8 Å². The Morgan fingerprint density at radius 2 is 2.03 bits per heavy atom. The van der Waals surface area contributed by atoms with E-state index < -0.39 is 5.41 Å². The lowest BCUT2D eigenvalue weighted by Crippen LogP contribution is -2.33. The van der Waals surface area contributed by atoms with Crippen molar-refractivity contribution in [2.75, 3.05) is 11.1 Å². The molecular weight excluding hydrogens is 497 g/mol. The molecule has 4 N–H and O–H groups in total. The summed E-state index contributed by atoms with van der Waals surface area (Å²) in [7, 11) is 0. The van der Waals surface area contributed by atoms with E-state index in [0.29, 0.717) is 34.6 Å². The summed E-state index contributed by atoms with van der Waals surface area (Å²) in [5.74, 6) is -0.214. The zero-order valence-corrected chi connectivity index (χ0v) is 20.2. The van der Waals surface area contributed by atoms with Crippen LogP contribution in [0.3, 0.4) is 0 Å².